The van der Waals surface area contributed by atoms with Crippen LogP contribution in [0.5, 0.6) is 0 Å². The molecule has 4 N–H and O–H groups in total. The van der Waals surface area contributed by atoms with Crippen molar-refractivity contribution >= 4 is 11.8 Å². The van der Waals surface area contributed by atoms with Crippen LogP contribution in [0.1, 0.15) is 66.2 Å². The summed E-state index contributed by atoms with van der Waals surface area (Å²) in [4.78, 5) is 24.6. The number of amides is 2. The summed E-state index contributed by atoms with van der Waals surface area (Å²) in [5.74, 6) is -1.40. The molecule has 2 atom stereocenters. The van der Waals surface area contributed by atoms with E-state index in [-0.39, 0.29) is 11.8 Å². The van der Waals surface area contributed by atoms with Crippen molar-refractivity contribution in [2.24, 2.45) is 11.8 Å². The number of aliphatic hydroxyl groups is 2. The summed E-state index contributed by atoms with van der Waals surface area (Å²) >= 11 is 0. The largest absolute Gasteiger partial charge is 0.388 e. The van der Waals surface area contributed by atoms with Gasteiger partial charge in [0.05, 0.1) is 23.3 Å². The third-order valence-electron chi connectivity index (χ3n) is 5.71. The van der Waals surface area contributed by atoms with Gasteiger partial charge in [-0.2, -0.15) is 0 Å². The molecule has 0 aromatic carbocycles. The van der Waals surface area contributed by atoms with Crippen LogP contribution < -0.4 is 10.6 Å². The molecule has 2 rings (SSSR count). The minimum Gasteiger partial charge on any atom is -0.388 e. The summed E-state index contributed by atoms with van der Waals surface area (Å²) in [6.07, 6.45) is 4.45. The van der Waals surface area contributed by atoms with E-state index in [2.05, 4.69) is 10.6 Å². The quantitative estimate of drug-likeness (QED) is 0.544. The standard InChI is InChI=1S/C18H32N2O4/c1-11(2)13(17(23)7-5-8-17)19-15(21)16(22)20-14(12(3)4)18(24)9-6-10-18/h11-14,23-24H,5-10H2,1-4H3,(H,19,21)(H,20,22). The van der Waals surface area contributed by atoms with Crippen LogP contribution >= 0.6 is 0 Å². The Labute approximate surface area is 144 Å². The first-order valence-electron chi connectivity index (χ1n) is 9.15. The van der Waals surface area contributed by atoms with Gasteiger partial charge in [-0.15, -0.1) is 0 Å². The molecule has 2 aliphatic rings. The molecule has 2 aliphatic carbocycles. The number of rotatable bonds is 6. The lowest BCUT2D eigenvalue weighted by atomic mass is 9.71. The van der Waals surface area contributed by atoms with Crippen molar-refractivity contribution in [2.75, 3.05) is 0 Å². The Hall–Kier alpha value is -1.14. The predicted octanol–water partition coefficient (Wildman–Crippen LogP) is 1.10. The van der Waals surface area contributed by atoms with Crippen molar-refractivity contribution in [2.45, 2.75) is 89.5 Å². The molecule has 0 radical (unpaired) electrons. The second-order valence-corrected chi connectivity index (χ2v) is 8.30. The van der Waals surface area contributed by atoms with Crippen LogP contribution in [-0.4, -0.2) is 45.3 Å². The van der Waals surface area contributed by atoms with E-state index in [4.69, 9.17) is 0 Å². The maximum atomic E-state index is 12.3. The van der Waals surface area contributed by atoms with Crippen LogP contribution in [0.3, 0.4) is 0 Å². The molecular formula is C18H32N2O4. The van der Waals surface area contributed by atoms with Crippen molar-refractivity contribution in [3.8, 4) is 0 Å². The van der Waals surface area contributed by atoms with Gasteiger partial charge in [-0.1, -0.05) is 27.7 Å². The van der Waals surface area contributed by atoms with Crippen LogP contribution in [0.2, 0.25) is 0 Å². The zero-order valence-electron chi connectivity index (χ0n) is 15.3. The summed E-state index contributed by atoms with van der Waals surface area (Å²) in [5.41, 5.74) is -1.82. The zero-order valence-corrected chi connectivity index (χ0v) is 15.3. The fraction of sp³-hybridized carbons (Fsp3) is 0.889. The number of hydrogen-bond acceptors (Lipinski definition) is 4. The summed E-state index contributed by atoms with van der Waals surface area (Å²) < 4.78 is 0. The first-order chi connectivity index (χ1) is 11.1. The van der Waals surface area contributed by atoms with E-state index in [1.807, 2.05) is 27.7 Å². The fourth-order valence-corrected chi connectivity index (χ4v) is 3.96. The molecule has 2 saturated carbocycles. The van der Waals surface area contributed by atoms with E-state index >= 15 is 0 Å². The van der Waals surface area contributed by atoms with Crippen LogP contribution in [0.15, 0.2) is 0 Å². The molecule has 6 nitrogen and oxygen atoms in total. The Morgan fingerprint density at radius 2 is 1.04 bits per heavy atom. The average molecular weight is 340 g/mol. The minimum atomic E-state index is -0.909. The van der Waals surface area contributed by atoms with Gasteiger partial charge >= 0.3 is 11.8 Å². The SMILES string of the molecule is CC(C)C(NC(=O)C(=O)NC(C(C)C)C1(O)CCC1)C1(O)CCC1. The molecule has 0 bridgehead atoms. The van der Waals surface area contributed by atoms with E-state index in [9.17, 15) is 19.8 Å². The molecule has 0 heterocycles. The number of carbonyl (C=O) groups is 2. The second kappa shape index (κ2) is 7.00. The summed E-state index contributed by atoms with van der Waals surface area (Å²) in [5, 5.41) is 26.5. The number of carbonyl (C=O) groups excluding carboxylic acids is 2. The van der Waals surface area contributed by atoms with E-state index in [0.717, 1.165) is 12.8 Å². The fourth-order valence-electron chi connectivity index (χ4n) is 3.96. The molecule has 0 aromatic heterocycles. The van der Waals surface area contributed by atoms with Gasteiger partial charge in [0.15, 0.2) is 0 Å². The van der Waals surface area contributed by atoms with E-state index in [0.29, 0.717) is 25.7 Å². The smallest absolute Gasteiger partial charge is 0.309 e. The maximum Gasteiger partial charge on any atom is 0.309 e. The molecule has 0 saturated heterocycles. The molecule has 2 fully saturated rings. The van der Waals surface area contributed by atoms with Crippen LogP contribution in [0.4, 0.5) is 0 Å². The van der Waals surface area contributed by atoms with Gasteiger partial charge in [-0.05, 0) is 50.4 Å². The van der Waals surface area contributed by atoms with Gasteiger partial charge in [0.1, 0.15) is 0 Å². The minimum absolute atomic E-state index is 0.0313. The van der Waals surface area contributed by atoms with E-state index < -0.39 is 35.1 Å². The number of nitrogens with one attached hydrogen (secondary N) is 2. The molecule has 138 valence electrons. The average Bonchev–Trinajstić information content (AvgIpc) is 2.44. The second-order valence-electron chi connectivity index (χ2n) is 8.30. The Balaban J connectivity index is 1.99. The highest BCUT2D eigenvalue weighted by molar-refractivity contribution is 6.35. The molecular weight excluding hydrogens is 308 g/mol. The monoisotopic (exact) mass is 340 g/mol. The first kappa shape index (κ1) is 19.2. The van der Waals surface area contributed by atoms with Crippen LogP contribution in [0.25, 0.3) is 0 Å². The Bertz CT molecular complexity index is 437. The molecule has 2 amide bonds. The predicted molar refractivity (Wildman–Crippen MR) is 91.1 cm³/mol. The van der Waals surface area contributed by atoms with Gasteiger partial charge in [-0.3, -0.25) is 9.59 Å². The third-order valence-corrected chi connectivity index (χ3v) is 5.71. The Morgan fingerprint density at radius 1 is 0.750 bits per heavy atom. The highest BCUT2D eigenvalue weighted by Gasteiger charge is 2.47. The summed E-state index contributed by atoms with van der Waals surface area (Å²) in [6.45, 7) is 7.70. The molecule has 0 aliphatic heterocycles. The zero-order chi connectivity index (χ0) is 18.1. The van der Waals surface area contributed by atoms with Gasteiger partial charge in [0.25, 0.3) is 0 Å². The summed E-state index contributed by atoms with van der Waals surface area (Å²) in [6, 6.07) is -0.873. The highest BCUT2D eigenvalue weighted by atomic mass is 16.3. The van der Waals surface area contributed by atoms with Crippen molar-refractivity contribution in [1.82, 2.24) is 10.6 Å². The first-order valence-corrected chi connectivity index (χ1v) is 9.15. The Kier molecular flexibility index (Phi) is 5.60. The van der Waals surface area contributed by atoms with Gasteiger partial charge < -0.3 is 20.8 Å². The molecule has 0 aromatic rings. The lowest BCUT2D eigenvalue weighted by Crippen LogP contribution is -2.63. The molecule has 0 spiro atoms. The van der Waals surface area contributed by atoms with Gasteiger partial charge in [-0.25, -0.2) is 0 Å². The Morgan fingerprint density at radius 3 is 1.21 bits per heavy atom. The van der Waals surface area contributed by atoms with Crippen molar-refractivity contribution < 1.29 is 19.8 Å². The topological polar surface area (TPSA) is 98.7 Å². The molecule has 6 heteroatoms. The van der Waals surface area contributed by atoms with Crippen molar-refractivity contribution in [3.05, 3.63) is 0 Å². The van der Waals surface area contributed by atoms with Gasteiger partial charge in [0, 0.05) is 0 Å². The lowest BCUT2D eigenvalue weighted by molar-refractivity contribution is -0.146. The molecule has 24 heavy (non-hydrogen) atoms. The van der Waals surface area contributed by atoms with Crippen molar-refractivity contribution in [3.63, 3.8) is 0 Å². The normalized spacial score (nSPS) is 23.8. The van der Waals surface area contributed by atoms with Gasteiger partial charge in [0.2, 0.25) is 0 Å². The van der Waals surface area contributed by atoms with Crippen LogP contribution in [-0.2, 0) is 9.59 Å². The van der Waals surface area contributed by atoms with E-state index in [1.165, 1.54) is 0 Å². The highest BCUT2D eigenvalue weighted by Crippen LogP contribution is 2.38. The lowest BCUT2D eigenvalue weighted by Gasteiger charge is -2.46. The third kappa shape index (κ3) is 3.75. The summed E-state index contributed by atoms with van der Waals surface area (Å²) in [7, 11) is 0. The van der Waals surface area contributed by atoms with Crippen molar-refractivity contribution in [1.29, 1.82) is 0 Å². The van der Waals surface area contributed by atoms with E-state index in [1.54, 1.807) is 0 Å². The number of hydrogen-bond donors (Lipinski definition) is 4. The molecule has 2 unspecified atom stereocenters. The van der Waals surface area contributed by atoms with Crippen LogP contribution in [0, 0.1) is 11.8 Å². The maximum absolute atomic E-state index is 12.3.